The van der Waals surface area contributed by atoms with E-state index in [1.807, 2.05) is 0 Å². The van der Waals surface area contributed by atoms with Gasteiger partial charge in [0.15, 0.2) is 14.8 Å². The lowest BCUT2D eigenvalue weighted by molar-refractivity contribution is -0.383. The molecule has 21 heavy (non-hydrogen) atoms. The average Bonchev–Trinajstić information content (AvgIpc) is 2.70. The lowest BCUT2D eigenvalue weighted by Gasteiger charge is -2.22. The highest BCUT2D eigenvalue weighted by Crippen LogP contribution is 2.34. The Hall–Kier alpha value is -1.24. The highest BCUT2D eigenvalue weighted by molar-refractivity contribution is 7.92. The molecule has 118 valence electrons. The molecule has 2 heterocycles. The number of hydrogen-bond donors (Lipinski definition) is 2. The fourth-order valence-electron chi connectivity index (χ4n) is 2.04. The molecule has 1 aromatic rings. The van der Waals surface area contributed by atoms with Gasteiger partial charge in [0, 0.05) is 12.1 Å². The standard InChI is InChI=1S/C9H13N3O6S3/c10-9-7(12(13)14)4-8(19-9)21(17,18)11-6-2-1-3-20(15,16)5-6/h4,6,11H,1-3,5,10H2. The molecular weight excluding hydrogens is 342 g/mol. The second kappa shape index (κ2) is 5.51. The Bertz CT molecular complexity index is 767. The predicted molar refractivity (Wildman–Crippen MR) is 77.4 cm³/mol. The van der Waals surface area contributed by atoms with Gasteiger partial charge in [0.05, 0.1) is 16.4 Å². The van der Waals surface area contributed by atoms with E-state index >= 15 is 0 Å². The minimum absolute atomic E-state index is 0.0443. The van der Waals surface area contributed by atoms with Gasteiger partial charge in [-0.1, -0.05) is 11.3 Å². The van der Waals surface area contributed by atoms with Gasteiger partial charge in [-0.05, 0) is 12.8 Å². The zero-order chi connectivity index (χ0) is 15.8. The zero-order valence-corrected chi connectivity index (χ0v) is 13.1. The van der Waals surface area contributed by atoms with Gasteiger partial charge < -0.3 is 5.73 Å². The van der Waals surface area contributed by atoms with E-state index in [9.17, 15) is 26.9 Å². The maximum atomic E-state index is 12.1. The first-order chi connectivity index (χ1) is 9.61. The maximum absolute atomic E-state index is 12.1. The number of nitrogens with zero attached hydrogens (tertiary/aromatic N) is 1. The van der Waals surface area contributed by atoms with E-state index in [-0.39, 0.29) is 20.7 Å². The van der Waals surface area contributed by atoms with Crippen LogP contribution in [-0.4, -0.2) is 39.3 Å². The fraction of sp³-hybridized carbons (Fsp3) is 0.556. The summed E-state index contributed by atoms with van der Waals surface area (Å²) in [5.74, 6) is -0.224. The molecule has 0 amide bonds. The van der Waals surface area contributed by atoms with Crippen molar-refractivity contribution in [1.29, 1.82) is 0 Å². The number of sulfone groups is 1. The van der Waals surface area contributed by atoms with E-state index in [4.69, 9.17) is 5.73 Å². The van der Waals surface area contributed by atoms with Crippen LogP contribution in [-0.2, 0) is 19.9 Å². The first-order valence-electron chi connectivity index (χ1n) is 5.87. The van der Waals surface area contributed by atoms with Gasteiger partial charge in [0.2, 0.25) is 0 Å². The quantitative estimate of drug-likeness (QED) is 0.574. The summed E-state index contributed by atoms with van der Waals surface area (Å²) in [6, 6.07) is 0.149. The number of nitrogens with two attached hydrogens (primary N) is 1. The van der Waals surface area contributed by atoms with Crippen LogP contribution < -0.4 is 10.5 Å². The minimum Gasteiger partial charge on any atom is -0.385 e. The monoisotopic (exact) mass is 355 g/mol. The van der Waals surface area contributed by atoms with Crippen LogP contribution in [0.15, 0.2) is 10.3 Å². The number of rotatable bonds is 4. The summed E-state index contributed by atoms with van der Waals surface area (Å²) in [5.41, 5.74) is 4.93. The molecule has 0 saturated carbocycles. The highest BCUT2D eigenvalue weighted by Gasteiger charge is 2.31. The van der Waals surface area contributed by atoms with Crippen molar-refractivity contribution in [2.45, 2.75) is 23.1 Å². The first kappa shape index (κ1) is 16.1. The molecule has 1 saturated heterocycles. The summed E-state index contributed by atoms with van der Waals surface area (Å²) in [6.07, 6.45) is 0.781. The Morgan fingerprint density at radius 3 is 2.67 bits per heavy atom. The van der Waals surface area contributed by atoms with Crippen molar-refractivity contribution in [3.8, 4) is 0 Å². The number of nitrogen functional groups attached to an aromatic ring is 1. The number of nitrogens with one attached hydrogen (secondary N) is 1. The number of anilines is 1. The SMILES string of the molecule is Nc1sc(S(=O)(=O)NC2CCCS(=O)(=O)C2)cc1[N+](=O)[O-]. The van der Waals surface area contributed by atoms with Crippen molar-refractivity contribution >= 4 is 41.9 Å². The molecule has 12 heteroatoms. The van der Waals surface area contributed by atoms with E-state index < -0.39 is 36.5 Å². The average molecular weight is 355 g/mol. The van der Waals surface area contributed by atoms with Crippen LogP contribution in [0.25, 0.3) is 0 Å². The summed E-state index contributed by atoms with van der Waals surface area (Å²) in [6.45, 7) is 0. The Labute approximate surface area is 125 Å². The van der Waals surface area contributed by atoms with Crippen LogP contribution in [0.3, 0.4) is 0 Å². The number of hydrogen-bond acceptors (Lipinski definition) is 8. The largest absolute Gasteiger partial charge is 0.385 e. The minimum atomic E-state index is -4.03. The van der Waals surface area contributed by atoms with Crippen molar-refractivity contribution in [2.24, 2.45) is 0 Å². The smallest absolute Gasteiger partial charge is 0.304 e. The number of nitro groups is 1. The predicted octanol–water partition coefficient (Wildman–Crippen LogP) is 0.0940. The van der Waals surface area contributed by atoms with Crippen molar-refractivity contribution in [2.75, 3.05) is 17.2 Å². The second-order valence-corrected chi connectivity index (χ2v) is 9.90. The van der Waals surface area contributed by atoms with E-state index in [1.165, 1.54) is 0 Å². The van der Waals surface area contributed by atoms with Crippen molar-refractivity contribution in [3.63, 3.8) is 0 Å². The van der Waals surface area contributed by atoms with E-state index in [1.54, 1.807) is 0 Å². The van der Waals surface area contributed by atoms with Gasteiger partial charge in [0.25, 0.3) is 10.0 Å². The summed E-state index contributed by atoms with van der Waals surface area (Å²) in [4.78, 5) is 9.91. The van der Waals surface area contributed by atoms with Crippen LogP contribution in [0.1, 0.15) is 12.8 Å². The topological polar surface area (TPSA) is 149 Å². The van der Waals surface area contributed by atoms with Crippen LogP contribution in [0.4, 0.5) is 10.7 Å². The third-order valence-electron chi connectivity index (χ3n) is 2.96. The molecule has 1 unspecified atom stereocenters. The van der Waals surface area contributed by atoms with E-state index in [0.29, 0.717) is 24.2 Å². The highest BCUT2D eigenvalue weighted by atomic mass is 32.2. The Morgan fingerprint density at radius 1 is 1.48 bits per heavy atom. The molecule has 1 atom stereocenters. The van der Waals surface area contributed by atoms with Gasteiger partial charge in [-0.15, -0.1) is 0 Å². The molecular formula is C9H13N3O6S3. The molecule has 0 aromatic carbocycles. The third kappa shape index (κ3) is 3.70. The molecule has 1 aromatic heterocycles. The molecule has 3 N–H and O–H groups in total. The summed E-state index contributed by atoms with van der Waals surface area (Å²) in [5, 5.41) is 10.5. The lowest BCUT2D eigenvalue weighted by Crippen LogP contribution is -2.42. The summed E-state index contributed by atoms with van der Waals surface area (Å²) >= 11 is 0.574. The summed E-state index contributed by atoms with van der Waals surface area (Å²) in [7, 11) is -7.28. The summed E-state index contributed by atoms with van der Waals surface area (Å²) < 4.78 is 49.2. The van der Waals surface area contributed by atoms with Crippen molar-refractivity contribution in [3.05, 3.63) is 16.2 Å². The molecule has 1 aliphatic heterocycles. The van der Waals surface area contributed by atoms with Gasteiger partial charge in [-0.2, -0.15) is 0 Å². The van der Waals surface area contributed by atoms with Gasteiger partial charge in [0.1, 0.15) is 4.21 Å². The molecule has 1 fully saturated rings. The van der Waals surface area contributed by atoms with Crippen LogP contribution >= 0.6 is 11.3 Å². The molecule has 0 radical (unpaired) electrons. The van der Waals surface area contributed by atoms with Crippen LogP contribution in [0.5, 0.6) is 0 Å². The van der Waals surface area contributed by atoms with E-state index in [0.717, 1.165) is 6.07 Å². The van der Waals surface area contributed by atoms with Gasteiger partial charge in [-0.25, -0.2) is 21.6 Å². The molecule has 2 rings (SSSR count). The molecule has 1 aliphatic rings. The Kier molecular flexibility index (Phi) is 4.24. The zero-order valence-electron chi connectivity index (χ0n) is 10.7. The first-order valence-corrected chi connectivity index (χ1v) is 9.99. The maximum Gasteiger partial charge on any atom is 0.304 e. The number of sulfonamides is 1. The molecule has 0 spiro atoms. The normalized spacial score (nSPS) is 22.0. The van der Waals surface area contributed by atoms with Crippen LogP contribution in [0, 0.1) is 10.1 Å². The lowest BCUT2D eigenvalue weighted by atomic mass is 10.2. The van der Waals surface area contributed by atoms with E-state index in [2.05, 4.69) is 4.72 Å². The third-order valence-corrected chi connectivity index (χ3v) is 7.73. The Morgan fingerprint density at radius 2 is 2.14 bits per heavy atom. The molecule has 0 aliphatic carbocycles. The van der Waals surface area contributed by atoms with Gasteiger partial charge in [-0.3, -0.25) is 10.1 Å². The van der Waals surface area contributed by atoms with Gasteiger partial charge >= 0.3 is 5.69 Å². The fourth-order valence-corrected chi connectivity index (χ4v) is 6.28. The number of thiophene rings is 1. The Balaban J connectivity index is 2.23. The molecule has 9 nitrogen and oxygen atoms in total. The van der Waals surface area contributed by atoms with Crippen molar-refractivity contribution in [1.82, 2.24) is 4.72 Å². The van der Waals surface area contributed by atoms with Crippen molar-refractivity contribution < 1.29 is 21.8 Å². The second-order valence-electron chi connectivity index (χ2n) is 4.65. The molecule has 0 bridgehead atoms. The van der Waals surface area contributed by atoms with Crippen LogP contribution in [0.2, 0.25) is 0 Å².